The Labute approximate surface area is 150 Å². The zero-order chi connectivity index (χ0) is 16.5. The van der Waals surface area contributed by atoms with Crippen molar-refractivity contribution in [1.29, 1.82) is 0 Å². The number of benzene rings is 1. The van der Waals surface area contributed by atoms with Gasteiger partial charge in [-0.05, 0) is 62.5 Å². The van der Waals surface area contributed by atoms with Crippen molar-refractivity contribution in [2.75, 3.05) is 40.0 Å². The van der Waals surface area contributed by atoms with E-state index in [1.54, 1.807) is 31.4 Å². The van der Waals surface area contributed by atoms with Crippen LogP contribution in [0.25, 0.3) is 0 Å². The highest BCUT2D eigenvalue weighted by molar-refractivity contribution is 7.89. The molecule has 138 valence electrons. The van der Waals surface area contributed by atoms with Crippen molar-refractivity contribution < 1.29 is 17.9 Å². The highest BCUT2D eigenvalue weighted by Crippen LogP contribution is 2.17. The van der Waals surface area contributed by atoms with Crippen LogP contribution < -0.4 is 14.8 Å². The van der Waals surface area contributed by atoms with Crippen molar-refractivity contribution in [2.45, 2.75) is 24.2 Å². The molecule has 8 heteroatoms. The second-order valence-electron chi connectivity index (χ2n) is 5.71. The van der Waals surface area contributed by atoms with E-state index in [0.29, 0.717) is 31.4 Å². The molecule has 0 saturated carbocycles. The van der Waals surface area contributed by atoms with Gasteiger partial charge in [-0.3, -0.25) is 0 Å². The van der Waals surface area contributed by atoms with Crippen molar-refractivity contribution >= 4 is 22.4 Å². The molecule has 0 spiro atoms. The Morgan fingerprint density at radius 1 is 1.25 bits per heavy atom. The summed E-state index contributed by atoms with van der Waals surface area (Å²) in [6.07, 6.45) is 3.20. The summed E-state index contributed by atoms with van der Waals surface area (Å²) in [5.74, 6) is 1.19. The minimum atomic E-state index is -3.45. The van der Waals surface area contributed by atoms with Gasteiger partial charge < -0.3 is 14.8 Å². The molecule has 24 heavy (non-hydrogen) atoms. The zero-order valence-electron chi connectivity index (χ0n) is 14.0. The lowest BCUT2D eigenvalue weighted by Crippen LogP contribution is -2.33. The van der Waals surface area contributed by atoms with Gasteiger partial charge in [0.2, 0.25) is 10.0 Å². The molecule has 1 aliphatic rings. The molecular formula is C16H27ClN2O4S. The predicted molar refractivity (Wildman–Crippen MR) is 96.5 cm³/mol. The number of piperidine rings is 1. The third kappa shape index (κ3) is 6.94. The van der Waals surface area contributed by atoms with E-state index in [1.807, 2.05) is 0 Å². The third-order valence-corrected chi connectivity index (χ3v) is 5.41. The van der Waals surface area contributed by atoms with Gasteiger partial charge in [0.25, 0.3) is 0 Å². The summed E-state index contributed by atoms with van der Waals surface area (Å²) in [6, 6.07) is 6.45. The van der Waals surface area contributed by atoms with Gasteiger partial charge in [0.05, 0.1) is 11.5 Å². The first-order valence-corrected chi connectivity index (χ1v) is 9.52. The molecular weight excluding hydrogens is 352 g/mol. The van der Waals surface area contributed by atoms with Crippen molar-refractivity contribution in [1.82, 2.24) is 10.0 Å². The largest absolute Gasteiger partial charge is 0.491 e. The molecule has 1 atom stereocenters. The first-order valence-electron chi connectivity index (χ1n) is 8.04. The van der Waals surface area contributed by atoms with Gasteiger partial charge in [0, 0.05) is 13.7 Å². The minimum absolute atomic E-state index is 0. The van der Waals surface area contributed by atoms with E-state index in [4.69, 9.17) is 9.47 Å². The summed E-state index contributed by atoms with van der Waals surface area (Å²) in [4.78, 5) is 0.262. The Kier molecular flexibility index (Phi) is 9.61. The van der Waals surface area contributed by atoms with Gasteiger partial charge >= 0.3 is 0 Å². The lowest BCUT2D eigenvalue weighted by Gasteiger charge is -2.22. The monoisotopic (exact) mass is 378 g/mol. The Morgan fingerprint density at radius 2 is 2.00 bits per heavy atom. The van der Waals surface area contributed by atoms with Gasteiger partial charge in [-0.25, -0.2) is 13.1 Å². The molecule has 0 aromatic heterocycles. The van der Waals surface area contributed by atoms with Crippen LogP contribution >= 0.6 is 12.4 Å². The summed E-state index contributed by atoms with van der Waals surface area (Å²) < 4.78 is 37.5. The normalized spacial score (nSPS) is 18.0. The maximum absolute atomic E-state index is 12.3. The molecule has 1 unspecified atom stereocenters. The maximum Gasteiger partial charge on any atom is 0.240 e. The lowest BCUT2D eigenvalue weighted by atomic mass is 9.96. The summed E-state index contributed by atoms with van der Waals surface area (Å²) in [5.41, 5.74) is 0. The Morgan fingerprint density at radius 3 is 2.62 bits per heavy atom. The zero-order valence-corrected chi connectivity index (χ0v) is 15.6. The van der Waals surface area contributed by atoms with Crippen LogP contribution in [0.1, 0.15) is 19.3 Å². The van der Waals surface area contributed by atoms with E-state index in [9.17, 15) is 8.42 Å². The van der Waals surface area contributed by atoms with Crippen LogP contribution in [0.15, 0.2) is 29.2 Å². The van der Waals surface area contributed by atoms with Gasteiger partial charge in [-0.1, -0.05) is 0 Å². The van der Waals surface area contributed by atoms with Crippen LogP contribution in [0.5, 0.6) is 5.75 Å². The van der Waals surface area contributed by atoms with Crippen LogP contribution in [0.4, 0.5) is 0 Å². The van der Waals surface area contributed by atoms with E-state index < -0.39 is 10.0 Å². The molecule has 1 heterocycles. The molecule has 1 fully saturated rings. The number of halogens is 1. The van der Waals surface area contributed by atoms with Crippen LogP contribution in [0.2, 0.25) is 0 Å². The Balaban J connectivity index is 0.00000288. The summed E-state index contributed by atoms with van der Waals surface area (Å²) in [7, 11) is -1.85. The van der Waals surface area contributed by atoms with Crippen LogP contribution in [0, 0.1) is 5.92 Å². The second kappa shape index (κ2) is 10.9. The quantitative estimate of drug-likeness (QED) is 0.641. The highest BCUT2D eigenvalue weighted by Gasteiger charge is 2.16. The van der Waals surface area contributed by atoms with Crippen molar-refractivity contribution in [3.63, 3.8) is 0 Å². The maximum atomic E-state index is 12.3. The fraction of sp³-hybridized carbons (Fsp3) is 0.625. The number of hydrogen-bond acceptors (Lipinski definition) is 5. The second-order valence-corrected chi connectivity index (χ2v) is 7.48. The summed E-state index contributed by atoms with van der Waals surface area (Å²) in [6.45, 7) is 3.46. The van der Waals surface area contributed by atoms with Crippen LogP contribution in [-0.4, -0.2) is 48.4 Å². The van der Waals surface area contributed by atoms with E-state index in [2.05, 4.69) is 10.0 Å². The minimum Gasteiger partial charge on any atom is -0.491 e. The number of methoxy groups -OCH3 is 1. The van der Waals surface area contributed by atoms with E-state index in [1.165, 1.54) is 12.8 Å². The molecule has 1 saturated heterocycles. The molecule has 2 N–H and O–H groups in total. The fourth-order valence-electron chi connectivity index (χ4n) is 2.61. The first kappa shape index (κ1) is 21.2. The van der Waals surface area contributed by atoms with Crippen molar-refractivity contribution in [3.8, 4) is 5.75 Å². The highest BCUT2D eigenvalue weighted by atomic mass is 35.5. The third-order valence-electron chi connectivity index (χ3n) is 3.93. The first-order chi connectivity index (χ1) is 11.1. The SMILES string of the molecule is COCCOc1ccc(S(=O)(=O)NCCC2CCCNC2)cc1.Cl. The van der Waals surface area contributed by atoms with E-state index in [-0.39, 0.29) is 17.3 Å². The smallest absolute Gasteiger partial charge is 0.240 e. The number of nitrogens with one attached hydrogen (secondary N) is 2. The van der Waals surface area contributed by atoms with E-state index >= 15 is 0 Å². The molecule has 2 rings (SSSR count). The predicted octanol–water partition coefficient (Wildman–Crippen LogP) is 1.80. The standard InChI is InChI=1S/C16H26N2O4S.ClH/c1-21-11-12-22-15-4-6-16(7-5-15)23(19,20)18-10-8-14-3-2-9-17-13-14;/h4-7,14,17-18H,2-3,8-13H2,1H3;1H. The molecule has 0 aliphatic carbocycles. The average Bonchev–Trinajstić information content (AvgIpc) is 2.56. The van der Waals surface area contributed by atoms with Gasteiger partial charge in [-0.15, -0.1) is 12.4 Å². The van der Waals surface area contributed by atoms with Gasteiger partial charge in [0.1, 0.15) is 12.4 Å². The van der Waals surface area contributed by atoms with Crippen LogP contribution in [-0.2, 0) is 14.8 Å². The molecule has 0 bridgehead atoms. The Hall–Kier alpha value is -0.860. The number of hydrogen-bond donors (Lipinski definition) is 2. The van der Waals surface area contributed by atoms with Crippen molar-refractivity contribution in [2.24, 2.45) is 5.92 Å². The Bertz CT molecular complexity index is 560. The van der Waals surface area contributed by atoms with Gasteiger partial charge in [-0.2, -0.15) is 0 Å². The lowest BCUT2D eigenvalue weighted by molar-refractivity contribution is 0.146. The molecule has 1 aromatic carbocycles. The molecule has 0 radical (unpaired) electrons. The number of rotatable bonds is 9. The molecule has 1 aromatic rings. The van der Waals surface area contributed by atoms with Gasteiger partial charge in [0.15, 0.2) is 0 Å². The molecule has 0 amide bonds. The van der Waals surface area contributed by atoms with Crippen LogP contribution in [0.3, 0.4) is 0 Å². The number of ether oxygens (including phenoxy) is 2. The number of sulfonamides is 1. The fourth-order valence-corrected chi connectivity index (χ4v) is 3.66. The molecule has 6 nitrogen and oxygen atoms in total. The van der Waals surface area contributed by atoms with Crippen molar-refractivity contribution in [3.05, 3.63) is 24.3 Å². The topological polar surface area (TPSA) is 76.7 Å². The molecule has 1 aliphatic heterocycles. The van der Waals surface area contributed by atoms with E-state index in [0.717, 1.165) is 19.5 Å². The average molecular weight is 379 g/mol. The summed E-state index contributed by atoms with van der Waals surface area (Å²) >= 11 is 0. The summed E-state index contributed by atoms with van der Waals surface area (Å²) in [5, 5.41) is 3.34.